The van der Waals surface area contributed by atoms with Crippen LogP contribution in [-0.2, 0) is 9.84 Å². The van der Waals surface area contributed by atoms with Gasteiger partial charge in [-0.1, -0.05) is 36.4 Å². The highest BCUT2D eigenvalue weighted by atomic mass is 32.2. The van der Waals surface area contributed by atoms with E-state index in [1.807, 2.05) is 32.3 Å². The number of nitrogens with zero attached hydrogens (tertiary/aromatic N) is 1. The number of aromatic nitrogens is 1. The average molecular weight is 391 g/mol. The zero-order chi connectivity index (χ0) is 19.9. The fourth-order valence-corrected chi connectivity index (χ4v) is 4.01. The van der Waals surface area contributed by atoms with Gasteiger partial charge in [0.2, 0.25) is 0 Å². The Morgan fingerprint density at radius 1 is 0.821 bits per heavy atom. The normalized spacial score (nSPS) is 11.7. The first-order valence-corrected chi connectivity index (χ1v) is 10.9. The van der Waals surface area contributed by atoms with Crippen LogP contribution in [0.1, 0.15) is 0 Å². The van der Waals surface area contributed by atoms with Gasteiger partial charge >= 0.3 is 0 Å². The molecule has 4 rings (SSSR count). The van der Waals surface area contributed by atoms with Gasteiger partial charge in [-0.15, -0.1) is 0 Å². The van der Waals surface area contributed by atoms with E-state index in [0.717, 1.165) is 39.0 Å². The Labute approximate surface area is 165 Å². The Kier molecular flexibility index (Phi) is 4.47. The predicted molar refractivity (Wildman–Crippen MR) is 117 cm³/mol. The summed E-state index contributed by atoms with van der Waals surface area (Å²) in [6.45, 7) is 0. The monoisotopic (exact) mass is 390 g/mol. The first-order chi connectivity index (χ1) is 13.3. The zero-order valence-electron chi connectivity index (χ0n) is 16.1. The molecule has 4 aromatic rings. The molecule has 0 unspecified atom stereocenters. The van der Waals surface area contributed by atoms with E-state index < -0.39 is 9.84 Å². The van der Waals surface area contributed by atoms with E-state index in [1.54, 1.807) is 12.1 Å². The number of benzene rings is 3. The summed E-state index contributed by atoms with van der Waals surface area (Å²) in [7, 11) is 0.869. The summed E-state index contributed by atoms with van der Waals surface area (Å²) in [4.78, 5) is 5.86. The molecule has 0 spiro atoms. The molecule has 1 aromatic heterocycles. The number of fused-ring (bicyclic) bond motifs is 1. The van der Waals surface area contributed by atoms with Crippen LogP contribution in [0.25, 0.3) is 33.3 Å². The van der Waals surface area contributed by atoms with E-state index in [9.17, 15) is 8.42 Å². The van der Waals surface area contributed by atoms with Crippen LogP contribution < -0.4 is 4.90 Å². The minimum Gasteiger partial charge on any atom is -0.378 e. The number of aromatic amines is 1. The van der Waals surface area contributed by atoms with Crippen LogP contribution in [0.3, 0.4) is 0 Å². The number of sulfone groups is 1. The van der Waals surface area contributed by atoms with Gasteiger partial charge in [-0.3, -0.25) is 0 Å². The Morgan fingerprint density at radius 3 is 2.07 bits per heavy atom. The van der Waals surface area contributed by atoms with Crippen molar-refractivity contribution < 1.29 is 8.42 Å². The van der Waals surface area contributed by atoms with Crippen molar-refractivity contribution in [2.45, 2.75) is 4.90 Å². The molecule has 1 heterocycles. The zero-order valence-corrected chi connectivity index (χ0v) is 16.9. The molecule has 0 amide bonds. The lowest BCUT2D eigenvalue weighted by Gasteiger charge is -2.13. The lowest BCUT2D eigenvalue weighted by atomic mass is 10.0. The first kappa shape index (κ1) is 18.3. The second-order valence-electron chi connectivity index (χ2n) is 7.19. The van der Waals surface area contributed by atoms with Crippen LogP contribution in [0.15, 0.2) is 77.7 Å². The topological polar surface area (TPSA) is 53.2 Å². The van der Waals surface area contributed by atoms with Crippen LogP contribution in [0.4, 0.5) is 5.69 Å². The van der Waals surface area contributed by atoms with Crippen molar-refractivity contribution in [1.29, 1.82) is 0 Å². The molecule has 4 nitrogen and oxygen atoms in total. The van der Waals surface area contributed by atoms with Crippen LogP contribution >= 0.6 is 0 Å². The Hall–Kier alpha value is -3.05. The molecule has 0 aliphatic rings. The van der Waals surface area contributed by atoms with E-state index in [4.69, 9.17) is 0 Å². The molecule has 0 bridgehead atoms. The van der Waals surface area contributed by atoms with E-state index >= 15 is 0 Å². The maximum Gasteiger partial charge on any atom is 0.175 e. The molecule has 0 saturated carbocycles. The molecule has 5 heteroatoms. The highest BCUT2D eigenvalue weighted by molar-refractivity contribution is 7.90. The summed E-state index contributed by atoms with van der Waals surface area (Å²) in [6, 6.07) is 23.8. The van der Waals surface area contributed by atoms with E-state index in [2.05, 4.69) is 52.3 Å². The van der Waals surface area contributed by atoms with Gasteiger partial charge in [0, 0.05) is 42.6 Å². The highest BCUT2D eigenvalue weighted by Crippen LogP contribution is 2.33. The lowest BCUT2D eigenvalue weighted by Crippen LogP contribution is -2.07. The number of hydrogen-bond acceptors (Lipinski definition) is 3. The number of hydrogen-bond donors (Lipinski definition) is 1. The smallest absolute Gasteiger partial charge is 0.175 e. The average Bonchev–Trinajstić information content (AvgIpc) is 3.12. The molecular weight excluding hydrogens is 368 g/mol. The lowest BCUT2D eigenvalue weighted by molar-refractivity contribution is 0.602. The Balaban J connectivity index is 1.77. The van der Waals surface area contributed by atoms with Crippen molar-refractivity contribution in [3.05, 3.63) is 72.8 Å². The van der Waals surface area contributed by atoms with Crippen molar-refractivity contribution in [1.82, 2.24) is 4.98 Å². The molecular formula is C23H22N2O2S. The molecule has 0 radical (unpaired) electrons. The quantitative estimate of drug-likeness (QED) is 0.535. The van der Waals surface area contributed by atoms with Gasteiger partial charge in [0.05, 0.1) is 4.90 Å². The Morgan fingerprint density at radius 2 is 1.46 bits per heavy atom. The van der Waals surface area contributed by atoms with E-state index in [-0.39, 0.29) is 0 Å². The fourth-order valence-electron chi connectivity index (χ4n) is 3.38. The minimum atomic E-state index is -3.19. The molecule has 0 aliphatic carbocycles. The fraction of sp³-hybridized carbons (Fsp3) is 0.130. The van der Waals surface area contributed by atoms with Gasteiger partial charge in [0.25, 0.3) is 0 Å². The molecule has 142 valence electrons. The molecule has 0 atom stereocenters. The second kappa shape index (κ2) is 6.84. The van der Waals surface area contributed by atoms with Crippen molar-refractivity contribution in [2.24, 2.45) is 0 Å². The summed E-state index contributed by atoms with van der Waals surface area (Å²) in [5.74, 6) is 0. The highest BCUT2D eigenvalue weighted by Gasteiger charge is 2.11. The second-order valence-corrected chi connectivity index (χ2v) is 9.20. The molecule has 28 heavy (non-hydrogen) atoms. The van der Waals surface area contributed by atoms with Gasteiger partial charge in [0.1, 0.15) is 0 Å². The van der Waals surface area contributed by atoms with Crippen LogP contribution in [0, 0.1) is 0 Å². The minimum absolute atomic E-state index is 0.328. The third-order valence-electron chi connectivity index (χ3n) is 4.95. The summed E-state index contributed by atoms with van der Waals surface area (Å²) < 4.78 is 23.4. The maximum atomic E-state index is 11.7. The third-order valence-corrected chi connectivity index (χ3v) is 6.08. The summed E-state index contributed by atoms with van der Waals surface area (Å²) in [5.41, 5.74) is 6.46. The SMILES string of the molecule is CN(C)c1ccc(-c2cccc3[nH]c(-c4ccc(S(C)(=O)=O)cc4)cc23)cc1. The van der Waals surface area contributed by atoms with Gasteiger partial charge in [-0.25, -0.2) is 8.42 Å². The van der Waals surface area contributed by atoms with Crippen molar-refractivity contribution >= 4 is 26.4 Å². The largest absolute Gasteiger partial charge is 0.378 e. The van der Waals surface area contributed by atoms with Gasteiger partial charge in [-0.2, -0.15) is 0 Å². The van der Waals surface area contributed by atoms with Crippen molar-refractivity contribution in [3.63, 3.8) is 0 Å². The van der Waals surface area contributed by atoms with Crippen molar-refractivity contribution in [3.8, 4) is 22.4 Å². The third kappa shape index (κ3) is 3.41. The summed E-state index contributed by atoms with van der Waals surface area (Å²) >= 11 is 0. The van der Waals surface area contributed by atoms with Crippen molar-refractivity contribution in [2.75, 3.05) is 25.3 Å². The summed E-state index contributed by atoms with van der Waals surface area (Å²) in [6.07, 6.45) is 1.22. The number of rotatable bonds is 4. The molecule has 1 N–H and O–H groups in total. The molecule has 0 aliphatic heterocycles. The van der Waals surface area contributed by atoms with Crippen LogP contribution in [0.2, 0.25) is 0 Å². The maximum absolute atomic E-state index is 11.7. The first-order valence-electron chi connectivity index (χ1n) is 9.03. The van der Waals surface area contributed by atoms with E-state index in [1.165, 1.54) is 6.26 Å². The predicted octanol–water partition coefficient (Wildman–Crippen LogP) is 4.97. The number of nitrogens with one attached hydrogen (secondary N) is 1. The Bertz CT molecular complexity index is 1240. The molecule has 0 saturated heterocycles. The van der Waals surface area contributed by atoms with Crippen LogP contribution in [-0.4, -0.2) is 33.8 Å². The van der Waals surface area contributed by atoms with Gasteiger partial charge in [-0.05, 0) is 53.1 Å². The molecule has 0 fully saturated rings. The number of H-pyrrole nitrogens is 1. The molecule has 3 aromatic carbocycles. The summed E-state index contributed by atoms with van der Waals surface area (Å²) in [5, 5.41) is 1.14. The van der Waals surface area contributed by atoms with E-state index in [0.29, 0.717) is 4.90 Å². The standard InChI is InChI=1S/C23H22N2O2S/c1-25(2)18-11-7-16(8-12-18)20-5-4-6-22-21(20)15-23(24-22)17-9-13-19(14-10-17)28(3,26)27/h4-15,24H,1-3H3. The van der Waals surface area contributed by atoms with Crippen LogP contribution in [0.5, 0.6) is 0 Å². The van der Waals surface area contributed by atoms with Gasteiger partial charge in [0.15, 0.2) is 9.84 Å². The van der Waals surface area contributed by atoms with Gasteiger partial charge < -0.3 is 9.88 Å². The number of anilines is 1.